The van der Waals surface area contributed by atoms with Crippen LogP contribution in [0.15, 0.2) is 83.3 Å². The van der Waals surface area contributed by atoms with Crippen LogP contribution < -0.4 is 71.2 Å². The first kappa shape index (κ1) is 64.0. The average molecular weight is 1180 g/mol. The van der Waals surface area contributed by atoms with Crippen molar-refractivity contribution in [1.29, 1.82) is 0 Å². The number of aliphatic imine (C=N–C) groups is 2. The number of benzene rings is 2. The van der Waals surface area contributed by atoms with Gasteiger partial charge in [-0.05, 0) is 49.3 Å². The zero-order valence-electron chi connectivity index (χ0n) is 44.8. The minimum Gasteiger partial charge on any atom is -0.481 e. The summed E-state index contributed by atoms with van der Waals surface area (Å²) in [6.45, 7) is 1.28. The number of amides is 9. The van der Waals surface area contributed by atoms with Gasteiger partial charge in [0.2, 0.25) is 53.2 Å². The molecular formula is C51H70N18O11S2. The SMILES string of the molecule is CC(=O)N[C@H](CCCN=C(N)N)C(=O)NC1CSSC[C@@H](C(N)=O)NC(=O)[C@H](Cc2c[nH]c3ccccc23)NC(=O)[C@H](CCCN=C(N)N)NC(=O)C(Cc2ccccc2)NC(=O)C(Cc2cnc[nH]2)NC(=O)[C@H](CCC(=O)O)NC1=O. The fraction of sp³-hybridized carbons (Fsp3) is 0.431. The normalized spacial score (nSPS) is 21.2. The minimum absolute atomic E-state index is 0.00244. The summed E-state index contributed by atoms with van der Waals surface area (Å²) in [5.41, 5.74) is 30.1. The fourth-order valence-corrected chi connectivity index (χ4v) is 10.8. The van der Waals surface area contributed by atoms with Crippen LogP contribution >= 0.6 is 21.6 Å². The molecule has 1 saturated heterocycles. The number of hydrogen-bond acceptors (Lipinski definition) is 15. The summed E-state index contributed by atoms with van der Waals surface area (Å²) in [7, 11) is 1.88. The van der Waals surface area contributed by atoms with Crippen molar-refractivity contribution < 1.29 is 53.1 Å². The van der Waals surface area contributed by atoms with Gasteiger partial charge >= 0.3 is 5.97 Å². The number of para-hydroxylation sites is 1. The van der Waals surface area contributed by atoms with E-state index in [1.807, 2.05) is 6.07 Å². The quantitative estimate of drug-likeness (QED) is 0.0168. The third-order valence-electron chi connectivity index (χ3n) is 12.6. The van der Waals surface area contributed by atoms with E-state index in [0.29, 0.717) is 22.2 Å². The highest BCUT2D eigenvalue weighted by molar-refractivity contribution is 8.76. The van der Waals surface area contributed by atoms with Gasteiger partial charge in [0.05, 0.1) is 6.33 Å². The maximum Gasteiger partial charge on any atom is 0.303 e. The number of aliphatic carboxylic acids is 1. The van der Waals surface area contributed by atoms with E-state index in [0.717, 1.165) is 27.1 Å². The third-order valence-corrected chi connectivity index (χ3v) is 15.0. The number of nitrogens with one attached hydrogen (secondary N) is 10. The minimum atomic E-state index is -1.68. The Morgan fingerprint density at radius 2 is 1.23 bits per heavy atom. The van der Waals surface area contributed by atoms with Crippen molar-refractivity contribution in [3.8, 4) is 0 Å². The number of carboxylic acid groups (broad SMARTS) is 1. The summed E-state index contributed by atoms with van der Waals surface area (Å²) in [5.74, 6) is -10.3. The highest BCUT2D eigenvalue weighted by Crippen LogP contribution is 2.24. The number of primary amides is 1. The third kappa shape index (κ3) is 21.3. The van der Waals surface area contributed by atoms with Gasteiger partial charge in [-0.15, -0.1) is 0 Å². The fourth-order valence-electron chi connectivity index (χ4n) is 8.46. The van der Waals surface area contributed by atoms with Crippen molar-refractivity contribution in [2.75, 3.05) is 24.6 Å². The molecule has 0 aliphatic carbocycles. The van der Waals surface area contributed by atoms with Gasteiger partial charge in [-0.2, -0.15) is 0 Å². The summed E-state index contributed by atoms with van der Waals surface area (Å²) in [6, 6.07) is 3.98. The molecule has 3 unspecified atom stereocenters. The molecule has 2 aromatic carbocycles. The number of hydrogen-bond donors (Lipinski definition) is 16. The van der Waals surface area contributed by atoms with Crippen molar-refractivity contribution in [3.05, 3.63) is 90.1 Å². The predicted octanol–water partition coefficient (Wildman–Crippen LogP) is -3.33. The summed E-state index contributed by atoms with van der Waals surface area (Å²) >= 11 is 0. The van der Waals surface area contributed by atoms with Gasteiger partial charge in [0.25, 0.3) is 0 Å². The number of nitrogens with two attached hydrogens (primary N) is 5. The first-order chi connectivity index (χ1) is 39.2. The molecule has 3 heterocycles. The highest BCUT2D eigenvalue weighted by atomic mass is 33.1. The van der Waals surface area contributed by atoms with Crippen LogP contribution in [0.4, 0.5) is 0 Å². The Balaban J connectivity index is 1.60. The Morgan fingerprint density at radius 1 is 0.671 bits per heavy atom. The Labute approximate surface area is 478 Å². The highest BCUT2D eigenvalue weighted by Gasteiger charge is 2.36. The molecule has 0 spiro atoms. The molecule has 9 amide bonds. The van der Waals surface area contributed by atoms with Gasteiger partial charge in [0.1, 0.15) is 48.3 Å². The molecule has 1 fully saturated rings. The van der Waals surface area contributed by atoms with Crippen LogP contribution in [0, 0.1) is 0 Å². The Bertz CT molecular complexity index is 2920. The molecule has 0 bridgehead atoms. The summed E-state index contributed by atoms with van der Waals surface area (Å²) < 4.78 is 0. The molecule has 8 atom stereocenters. The van der Waals surface area contributed by atoms with E-state index < -0.39 is 120 Å². The topological polar surface area (TPSA) is 486 Å². The van der Waals surface area contributed by atoms with Crippen molar-refractivity contribution >= 4 is 104 Å². The molecule has 2 aromatic heterocycles. The van der Waals surface area contributed by atoms with E-state index in [1.165, 1.54) is 19.4 Å². The number of nitrogens with zero attached hydrogens (tertiary/aromatic N) is 3. The Kier molecular flexibility index (Phi) is 25.3. The first-order valence-corrected chi connectivity index (χ1v) is 28.5. The number of H-pyrrole nitrogens is 2. The number of carbonyl (C=O) groups is 10. The molecule has 5 rings (SSSR count). The number of imidazole rings is 1. The van der Waals surface area contributed by atoms with E-state index in [2.05, 4.69) is 67.5 Å². The molecule has 0 saturated carbocycles. The van der Waals surface area contributed by atoms with Crippen LogP contribution in [0.2, 0.25) is 0 Å². The summed E-state index contributed by atoms with van der Waals surface area (Å²) in [5, 5.41) is 31.5. The molecule has 4 aromatic rings. The zero-order valence-corrected chi connectivity index (χ0v) is 46.4. The lowest BCUT2D eigenvalue weighted by Gasteiger charge is -2.28. The van der Waals surface area contributed by atoms with Crippen molar-refractivity contribution in [2.45, 2.75) is 113 Å². The molecule has 442 valence electrons. The Hall–Kier alpha value is -8.87. The lowest BCUT2D eigenvalue weighted by molar-refractivity contribution is -0.138. The van der Waals surface area contributed by atoms with E-state index in [1.54, 1.807) is 54.7 Å². The number of guanidine groups is 2. The second-order valence-electron chi connectivity index (χ2n) is 19.0. The van der Waals surface area contributed by atoms with Gasteiger partial charge in [-0.3, -0.25) is 57.9 Å². The maximum absolute atomic E-state index is 14.7. The van der Waals surface area contributed by atoms with Gasteiger partial charge in [-0.25, -0.2) is 4.98 Å². The Morgan fingerprint density at radius 3 is 1.85 bits per heavy atom. The van der Waals surface area contributed by atoms with E-state index in [4.69, 9.17) is 28.7 Å². The van der Waals surface area contributed by atoms with Gasteiger partial charge < -0.3 is 86.3 Å². The lowest BCUT2D eigenvalue weighted by Crippen LogP contribution is -2.61. The van der Waals surface area contributed by atoms with Crippen LogP contribution in [0.25, 0.3) is 10.9 Å². The largest absolute Gasteiger partial charge is 0.481 e. The average Bonchev–Trinajstić information content (AvgIpc) is 4.33. The van der Waals surface area contributed by atoms with Gasteiger partial charge in [-0.1, -0.05) is 70.1 Å². The predicted molar refractivity (Wildman–Crippen MR) is 306 cm³/mol. The van der Waals surface area contributed by atoms with Crippen LogP contribution in [-0.4, -0.2) is 164 Å². The molecule has 31 heteroatoms. The molecule has 0 radical (unpaired) electrons. The van der Waals surface area contributed by atoms with Crippen molar-refractivity contribution in [1.82, 2.24) is 57.5 Å². The summed E-state index contributed by atoms with van der Waals surface area (Å²) in [6.07, 6.45) is 2.81. The molecule has 21 N–H and O–H groups in total. The van der Waals surface area contributed by atoms with Crippen LogP contribution in [0.3, 0.4) is 0 Å². The van der Waals surface area contributed by atoms with Crippen LogP contribution in [0.1, 0.15) is 62.3 Å². The van der Waals surface area contributed by atoms with Crippen molar-refractivity contribution in [3.63, 3.8) is 0 Å². The monoisotopic (exact) mass is 1170 g/mol. The molecule has 82 heavy (non-hydrogen) atoms. The molecule has 1 aliphatic heterocycles. The molecule has 1 aliphatic rings. The number of aromatic amines is 2. The number of rotatable bonds is 21. The van der Waals surface area contributed by atoms with Gasteiger partial charge in [0, 0.05) is 86.2 Å². The van der Waals surface area contributed by atoms with Crippen LogP contribution in [0.5, 0.6) is 0 Å². The smallest absolute Gasteiger partial charge is 0.303 e. The number of carboxylic acids is 1. The number of aromatic nitrogens is 3. The standard InChI is InChI=1S/C51H70N18O11S2/c1-27(70)62-33(13-7-17-58-50(53)54)43(74)69-40-25-82-81-24-39(42(52)73)68-47(78)37(20-29-22-60-32-12-6-5-11-31(29)32)66-44(75)34(14-8-18-59-51(55)56)63-46(77)36(19-28-9-3-2-4-10-28)65-48(79)38(21-30-23-57-26-61-30)67-45(76)35(64-49(40)80)15-16-41(71)72/h2-6,9-12,22-23,26,33-40,60H,7-8,13-21,24-25H2,1H3,(H2,52,73)(H,57,61)(H,62,70)(H,63,77)(H,64,80)(H,65,79)(H,66,75)(H,67,76)(H,68,78)(H,69,74)(H,71,72)(H4,53,54,58)(H4,55,56,59)/t33-,34+,35+,36?,37+,38?,39+,40?/m1/s1. The number of fused-ring (bicyclic) bond motifs is 1. The van der Waals surface area contributed by atoms with E-state index >= 15 is 0 Å². The molecule has 29 nitrogen and oxygen atoms in total. The second kappa shape index (κ2) is 32.4. The van der Waals surface area contributed by atoms with Crippen LogP contribution in [-0.2, 0) is 67.2 Å². The zero-order chi connectivity index (χ0) is 59.7. The second-order valence-corrected chi connectivity index (χ2v) is 21.6. The molecular weight excluding hydrogens is 1100 g/mol. The number of carbonyl (C=O) groups excluding carboxylic acids is 9. The van der Waals surface area contributed by atoms with Crippen molar-refractivity contribution in [2.24, 2.45) is 38.7 Å². The van der Waals surface area contributed by atoms with Gasteiger partial charge in [0.15, 0.2) is 11.9 Å². The lowest BCUT2D eigenvalue weighted by atomic mass is 10.0. The summed E-state index contributed by atoms with van der Waals surface area (Å²) in [4.78, 5) is 157. The first-order valence-electron chi connectivity index (χ1n) is 26.0. The maximum atomic E-state index is 14.7. The van der Waals surface area contributed by atoms with E-state index in [-0.39, 0.29) is 81.5 Å². The van der Waals surface area contributed by atoms with E-state index in [9.17, 15) is 53.1 Å².